The summed E-state index contributed by atoms with van der Waals surface area (Å²) in [7, 11) is 1.44. The number of rotatable bonds is 10. The van der Waals surface area contributed by atoms with Gasteiger partial charge in [0.1, 0.15) is 18.0 Å². The van der Waals surface area contributed by atoms with Gasteiger partial charge in [0, 0.05) is 17.4 Å². The number of carbonyl (C=O) groups excluding carboxylic acids is 2. The number of nitrogens with one attached hydrogen (secondary N) is 2. The smallest absolute Gasteiger partial charge is 0.407 e. The van der Waals surface area contributed by atoms with Gasteiger partial charge in [0.05, 0.1) is 26.4 Å². The summed E-state index contributed by atoms with van der Waals surface area (Å²) < 4.78 is 29.8. The number of hydrogen-bond donors (Lipinski definition) is 3. The minimum absolute atomic E-state index is 0.161. The van der Waals surface area contributed by atoms with Gasteiger partial charge in [0.15, 0.2) is 0 Å². The minimum atomic E-state index is -0.572. The second-order valence-corrected chi connectivity index (χ2v) is 9.15. The quantitative estimate of drug-likeness (QED) is 0.356. The number of esters is 1. The highest BCUT2D eigenvalue weighted by Gasteiger charge is 2.26. The third kappa shape index (κ3) is 6.99. The number of methoxy groups -OCH3 is 1. The van der Waals surface area contributed by atoms with Gasteiger partial charge in [-0.3, -0.25) is 0 Å². The summed E-state index contributed by atoms with van der Waals surface area (Å²) in [6, 6.07) is 13.1. The number of aromatic amines is 1. The molecule has 1 atom stereocenters. The highest BCUT2D eigenvalue weighted by molar-refractivity contribution is 6.06. The molecule has 198 valence electrons. The molecule has 1 saturated heterocycles. The van der Waals surface area contributed by atoms with Crippen molar-refractivity contribution in [3.05, 3.63) is 65.5 Å². The van der Waals surface area contributed by atoms with Gasteiger partial charge in [0.25, 0.3) is 0 Å². The summed E-state index contributed by atoms with van der Waals surface area (Å²) in [4.78, 5) is 30.1. The van der Waals surface area contributed by atoms with E-state index < -0.39 is 23.9 Å². The number of piperidine rings is 1. The van der Waals surface area contributed by atoms with Crippen LogP contribution < -0.4 is 10.1 Å². The Morgan fingerprint density at radius 2 is 1.92 bits per heavy atom. The van der Waals surface area contributed by atoms with E-state index in [4.69, 9.17) is 14.2 Å². The predicted molar refractivity (Wildman–Crippen MR) is 135 cm³/mol. The summed E-state index contributed by atoms with van der Waals surface area (Å²) >= 11 is 0. The number of nitrogens with zero attached hydrogens (tertiary/aromatic N) is 1. The lowest BCUT2D eigenvalue weighted by Crippen LogP contribution is -2.48. The fraction of sp³-hybridized carbons (Fsp3) is 0.407. The number of ether oxygens (including phenoxy) is 3. The van der Waals surface area contributed by atoms with Crippen LogP contribution in [0.5, 0.6) is 5.88 Å². The number of benzene rings is 2. The molecule has 3 N–H and O–H groups in total. The van der Waals surface area contributed by atoms with E-state index in [1.165, 1.54) is 19.2 Å². The fourth-order valence-corrected chi connectivity index (χ4v) is 4.49. The molecule has 1 aliphatic heterocycles. The second-order valence-electron chi connectivity index (χ2n) is 9.15. The van der Waals surface area contributed by atoms with Gasteiger partial charge in [0.2, 0.25) is 5.88 Å². The molecule has 0 saturated carbocycles. The Hall–Kier alpha value is -3.63. The van der Waals surface area contributed by atoms with Crippen molar-refractivity contribution in [2.75, 3.05) is 40.0 Å². The average molecular weight is 514 g/mol. The number of amides is 1. The first-order chi connectivity index (χ1) is 18.0. The van der Waals surface area contributed by atoms with Crippen molar-refractivity contribution >= 4 is 23.0 Å². The number of hydrogen-bond acceptors (Lipinski definition) is 7. The number of likely N-dealkylation sites (tertiary alicyclic amines) is 1. The predicted octanol–water partition coefficient (Wildman–Crippen LogP) is 3.47. The Morgan fingerprint density at radius 3 is 2.62 bits per heavy atom. The number of aromatic nitrogens is 1. The maximum atomic E-state index is 13.7. The summed E-state index contributed by atoms with van der Waals surface area (Å²) in [5.41, 5.74) is 1.66. The van der Waals surface area contributed by atoms with E-state index in [-0.39, 0.29) is 37.2 Å². The fourth-order valence-electron chi connectivity index (χ4n) is 4.49. The standard InChI is InChI=1S/C27H32FN3O6/c1-35-25-24(22-13-20(28)7-8-23(22)30-25)26(33)36-16-19-9-11-31(12-10-19)14-21(15-32)29-27(34)37-17-18-5-3-2-4-6-18/h2-8,13,19,21,30,32H,9-12,14-17H2,1H3,(H,29,34)/t21-/m1/s1. The molecular formula is C27H32FN3O6. The van der Waals surface area contributed by atoms with E-state index in [2.05, 4.69) is 15.2 Å². The number of alkyl carbamates (subject to hydrolysis) is 1. The van der Waals surface area contributed by atoms with Crippen molar-refractivity contribution < 1.29 is 33.3 Å². The van der Waals surface area contributed by atoms with Crippen molar-refractivity contribution in [1.82, 2.24) is 15.2 Å². The van der Waals surface area contributed by atoms with E-state index in [9.17, 15) is 19.1 Å². The zero-order valence-electron chi connectivity index (χ0n) is 20.7. The van der Waals surface area contributed by atoms with Crippen molar-refractivity contribution in [2.45, 2.75) is 25.5 Å². The molecule has 3 aromatic rings. The number of H-pyrrole nitrogens is 1. The second kappa shape index (κ2) is 12.6. The van der Waals surface area contributed by atoms with Gasteiger partial charge in [-0.05, 0) is 55.6 Å². The minimum Gasteiger partial charge on any atom is -0.482 e. The van der Waals surface area contributed by atoms with Gasteiger partial charge < -0.3 is 34.5 Å². The molecule has 1 aromatic heterocycles. The normalized spacial score (nSPS) is 15.3. The Bertz CT molecular complexity index is 1190. The lowest BCUT2D eigenvalue weighted by atomic mass is 9.97. The van der Waals surface area contributed by atoms with Crippen LogP contribution in [0.3, 0.4) is 0 Å². The van der Waals surface area contributed by atoms with Crippen LogP contribution in [0.25, 0.3) is 10.9 Å². The molecule has 10 heteroatoms. The molecule has 0 unspecified atom stereocenters. The average Bonchev–Trinajstić information content (AvgIpc) is 3.29. The molecular weight excluding hydrogens is 481 g/mol. The highest BCUT2D eigenvalue weighted by Crippen LogP contribution is 2.30. The van der Waals surface area contributed by atoms with E-state index in [0.717, 1.165) is 31.5 Å². The van der Waals surface area contributed by atoms with Crippen LogP contribution in [0.4, 0.5) is 9.18 Å². The number of aliphatic hydroxyl groups is 1. The Labute approximate surface area is 214 Å². The van der Waals surface area contributed by atoms with Crippen LogP contribution in [-0.2, 0) is 16.1 Å². The molecule has 37 heavy (non-hydrogen) atoms. The third-order valence-corrected chi connectivity index (χ3v) is 6.53. The van der Waals surface area contributed by atoms with Crippen molar-refractivity contribution in [3.63, 3.8) is 0 Å². The Morgan fingerprint density at radius 1 is 1.16 bits per heavy atom. The van der Waals surface area contributed by atoms with Crippen LogP contribution in [0, 0.1) is 11.7 Å². The van der Waals surface area contributed by atoms with Gasteiger partial charge in [-0.25, -0.2) is 14.0 Å². The SMILES string of the molecule is COc1[nH]c2ccc(F)cc2c1C(=O)OCC1CCN(C[C@H](CO)NC(=O)OCc2ccccc2)CC1. The third-order valence-electron chi connectivity index (χ3n) is 6.53. The Balaban J connectivity index is 1.21. The first-order valence-electron chi connectivity index (χ1n) is 12.3. The van der Waals surface area contributed by atoms with E-state index in [1.807, 2.05) is 30.3 Å². The van der Waals surface area contributed by atoms with Crippen molar-refractivity contribution in [1.29, 1.82) is 0 Å². The van der Waals surface area contributed by atoms with Crippen LogP contribution in [0.2, 0.25) is 0 Å². The number of halogens is 1. The molecule has 1 fully saturated rings. The monoisotopic (exact) mass is 513 g/mol. The molecule has 2 aromatic carbocycles. The molecule has 0 radical (unpaired) electrons. The zero-order valence-corrected chi connectivity index (χ0v) is 20.7. The first-order valence-corrected chi connectivity index (χ1v) is 12.3. The summed E-state index contributed by atoms with van der Waals surface area (Å²) in [6.45, 7) is 2.16. The van der Waals surface area contributed by atoms with E-state index in [0.29, 0.717) is 17.4 Å². The molecule has 0 aliphatic carbocycles. The summed E-state index contributed by atoms with van der Waals surface area (Å²) in [5.74, 6) is -0.597. The molecule has 4 rings (SSSR count). The van der Waals surface area contributed by atoms with Gasteiger partial charge >= 0.3 is 12.1 Å². The first kappa shape index (κ1) is 26.4. The van der Waals surface area contributed by atoms with Crippen LogP contribution >= 0.6 is 0 Å². The zero-order chi connectivity index (χ0) is 26.2. The van der Waals surface area contributed by atoms with Crippen LogP contribution in [0.1, 0.15) is 28.8 Å². The van der Waals surface area contributed by atoms with Gasteiger partial charge in [-0.2, -0.15) is 0 Å². The number of carbonyl (C=O) groups is 2. The maximum absolute atomic E-state index is 13.7. The summed E-state index contributed by atoms with van der Waals surface area (Å²) in [6.07, 6.45) is 1.02. The molecule has 1 amide bonds. The van der Waals surface area contributed by atoms with E-state index >= 15 is 0 Å². The number of fused-ring (bicyclic) bond motifs is 1. The largest absolute Gasteiger partial charge is 0.482 e. The maximum Gasteiger partial charge on any atom is 0.407 e. The Kier molecular flexibility index (Phi) is 8.97. The molecule has 2 heterocycles. The van der Waals surface area contributed by atoms with Gasteiger partial charge in [-0.15, -0.1) is 0 Å². The summed E-state index contributed by atoms with van der Waals surface area (Å²) in [5, 5.41) is 12.9. The van der Waals surface area contributed by atoms with Gasteiger partial charge in [-0.1, -0.05) is 30.3 Å². The molecule has 9 nitrogen and oxygen atoms in total. The lowest BCUT2D eigenvalue weighted by Gasteiger charge is -2.33. The van der Waals surface area contributed by atoms with Crippen LogP contribution in [-0.4, -0.2) is 73.1 Å². The highest BCUT2D eigenvalue weighted by atomic mass is 19.1. The molecule has 1 aliphatic rings. The lowest BCUT2D eigenvalue weighted by molar-refractivity contribution is 0.0361. The number of aliphatic hydroxyl groups excluding tert-OH is 1. The van der Waals surface area contributed by atoms with Crippen molar-refractivity contribution in [3.8, 4) is 5.88 Å². The molecule has 0 spiro atoms. The van der Waals surface area contributed by atoms with Crippen LogP contribution in [0.15, 0.2) is 48.5 Å². The van der Waals surface area contributed by atoms with E-state index in [1.54, 1.807) is 6.07 Å². The van der Waals surface area contributed by atoms with Crippen molar-refractivity contribution in [2.24, 2.45) is 5.92 Å². The molecule has 0 bridgehead atoms. The topological polar surface area (TPSA) is 113 Å².